The van der Waals surface area contributed by atoms with E-state index in [0.29, 0.717) is 25.2 Å². The zero-order valence-corrected chi connectivity index (χ0v) is 18.0. The van der Waals surface area contributed by atoms with E-state index in [1.54, 1.807) is 6.20 Å². The molecule has 170 valence electrons. The van der Waals surface area contributed by atoms with Gasteiger partial charge in [-0.15, -0.1) is 0 Å². The van der Waals surface area contributed by atoms with Gasteiger partial charge in [-0.2, -0.15) is 0 Å². The van der Waals surface area contributed by atoms with E-state index < -0.39 is 22.7 Å². The van der Waals surface area contributed by atoms with Crippen molar-refractivity contribution in [1.82, 2.24) is 4.98 Å². The molecule has 5 rings (SSSR count). The summed E-state index contributed by atoms with van der Waals surface area (Å²) < 4.78 is 46.0. The Morgan fingerprint density at radius 3 is 2.53 bits per heavy atom. The van der Waals surface area contributed by atoms with E-state index in [-0.39, 0.29) is 30.1 Å². The zero-order valence-electron chi connectivity index (χ0n) is 18.0. The van der Waals surface area contributed by atoms with E-state index in [1.165, 1.54) is 14.2 Å². The van der Waals surface area contributed by atoms with Crippen LogP contribution in [0.4, 0.5) is 20.3 Å². The third kappa shape index (κ3) is 3.26. The number of halogens is 2. The highest BCUT2D eigenvalue weighted by atomic mass is 19.1. The summed E-state index contributed by atoms with van der Waals surface area (Å²) in [7, 11) is 2.56. The van der Waals surface area contributed by atoms with Gasteiger partial charge in [-0.3, -0.25) is 4.79 Å². The Labute approximate surface area is 184 Å². The highest BCUT2D eigenvalue weighted by Crippen LogP contribution is 2.55. The molecule has 7 nitrogen and oxygen atoms in total. The van der Waals surface area contributed by atoms with Crippen LogP contribution in [0.25, 0.3) is 0 Å². The minimum Gasteiger partial charge on any atom is -0.493 e. The Balaban J connectivity index is 1.49. The molecule has 1 amide bonds. The van der Waals surface area contributed by atoms with Crippen molar-refractivity contribution in [2.45, 2.75) is 43.7 Å². The number of benzene rings is 1. The second kappa shape index (κ2) is 7.88. The molecule has 1 aromatic carbocycles. The Morgan fingerprint density at radius 2 is 1.94 bits per heavy atom. The number of nitrogens with zero attached hydrogens (tertiary/aromatic N) is 2. The first-order chi connectivity index (χ1) is 15.5. The Kier molecular flexibility index (Phi) is 5.16. The SMILES string of the molecule is COc1cc(OC)c(F)c(N2Cc3cnc(NC[C@@H]4CCCO4)cc3C3(CC3)C2=O)c1F. The summed E-state index contributed by atoms with van der Waals surface area (Å²) in [6.45, 7) is 1.44. The molecule has 1 saturated carbocycles. The maximum Gasteiger partial charge on any atom is 0.238 e. The summed E-state index contributed by atoms with van der Waals surface area (Å²) in [5.74, 6) is -1.88. The quantitative estimate of drug-likeness (QED) is 0.733. The molecule has 3 aliphatic rings. The Morgan fingerprint density at radius 1 is 1.22 bits per heavy atom. The van der Waals surface area contributed by atoms with Crippen molar-refractivity contribution >= 4 is 17.4 Å². The number of fused-ring (bicyclic) bond motifs is 2. The van der Waals surface area contributed by atoms with Crippen LogP contribution in [-0.4, -0.2) is 44.4 Å². The lowest BCUT2D eigenvalue weighted by Crippen LogP contribution is -2.45. The number of hydrogen-bond acceptors (Lipinski definition) is 6. The fourth-order valence-electron chi connectivity index (χ4n) is 4.69. The predicted octanol–water partition coefficient (Wildman–Crippen LogP) is 3.55. The fourth-order valence-corrected chi connectivity index (χ4v) is 4.69. The van der Waals surface area contributed by atoms with Gasteiger partial charge in [0, 0.05) is 25.4 Å². The first-order valence-electron chi connectivity index (χ1n) is 10.8. The monoisotopic (exact) mass is 445 g/mol. The van der Waals surface area contributed by atoms with Crippen LogP contribution in [0.3, 0.4) is 0 Å². The maximum atomic E-state index is 15.1. The summed E-state index contributed by atoms with van der Waals surface area (Å²) in [5, 5.41) is 3.29. The molecular formula is C23H25F2N3O4. The molecule has 0 bridgehead atoms. The number of rotatable bonds is 6. The largest absolute Gasteiger partial charge is 0.493 e. The average Bonchev–Trinajstić information content (AvgIpc) is 3.42. The molecule has 1 aromatic heterocycles. The van der Waals surface area contributed by atoms with Crippen LogP contribution >= 0.6 is 0 Å². The van der Waals surface area contributed by atoms with Crippen molar-refractivity contribution in [2.75, 3.05) is 37.6 Å². The molecule has 1 spiro atoms. The second-order valence-corrected chi connectivity index (χ2v) is 8.47. The lowest BCUT2D eigenvalue weighted by Gasteiger charge is -2.35. The summed E-state index contributed by atoms with van der Waals surface area (Å²) in [5.41, 5.74) is 0.403. The third-order valence-corrected chi connectivity index (χ3v) is 6.59. The minimum absolute atomic E-state index is 0.0130. The Bertz CT molecular complexity index is 1040. The van der Waals surface area contributed by atoms with Gasteiger partial charge in [0.15, 0.2) is 23.1 Å². The molecule has 2 aliphatic heterocycles. The highest BCUT2D eigenvalue weighted by Gasteiger charge is 2.57. The van der Waals surface area contributed by atoms with Crippen LogP contribution in [0.5, 0.6) is 11.5 Å². The molecular weight excluding hydrogens is 420 g/mol. The predicted molar refractivity (Wildman–Crippen MR) is 113 cm³/mol. The van der Waals surface area contributed by atoms with E-state index in [1.807, 2.05) is 6.07 Å². The van der Waals surface area contributed by atoms with Crippen LogP contribution in [0.15, 0.2) is 18.3 Å². The van der Waals surface area contributed by atoms with Crippen molar-refractivity contribution in [3.8, 4) is 11.5 Å². The molecule has 1 N–H and O–H groups in total. The van der Waals surface area contributed by atoms with E-state index in [2.05, 4.69) is 10.3 Å². The summed E-state index contributed by atoms with van der Waals surface area (Å²) in [6.07, 6.45) is 5.15. The minimum atomic E-state index is -0.929. The summed E-state index contributed by atoms with van der Waals surface area (Å²) in [4.78, 5) is 19.1. The summed E-state index contributed by atoms with van der Waals surface area (Å²) >= 11 is 0. The zero-order chi connectivity index (χ0) is 22.5. The van der Waals surface area contributed by atoms with Crippen molar-refractivity contribution in [1.29, 1.82) is 0 Å². The van der Waals surface area contributed by atoms with E-state index in [4.69, 9.17) is 14.2 Å². The third-order valence-electron chi connectivity index (χ3n) is 6.59. The maximum absolute atomic E-state index is 15.1. The van der Waals surface area contributed by atoms with Crippen LogP contribution < -0.4 is 19.7 Å². The van der Waals surface area contributed by atoms with Gasteiger partial charge in [0.2, 0.25) is 5.91 Å². The summed E-state index contributed by atoms with van der Waals surface area (Å²) in [6, 6.07) is 3.03. The van der Waals surface area contributed by atoms with Crippen LogP contribution in [0.2, 0.25) is 0 Å². The van der Waals surface area contributed by atoms with Gasteiger partial charge in [-0.05, 0) is 42.9 Å². The highest BCUT2D eigenvalue weighted by molar-refractivity contribution is 6.05. The molecule has 3 heterocycles. The van der Waals surface area contributed by atoms with Gasteiger partial charge < -0.3 is 24.4 Å². The molecule has 32 heavy (non-hydrogen) atoms. The number of hydrogen-bond donors (Lipinski definition) is 1. The number of pyridine rings is 1. The number of amides is 1. The van der Waals surface area contributed by atoms with Crippen LogP contribution in [0, 0.1) is 11.6 Å². The molecule has 9 heteroatoms. The molecule has 1 saturated heterocycles. The van der Waals surface area contributed by atoms with E-state index in [0.717, 1.165) is 41.5 Å². The lowest BCUT2D eigenvalue weighted by atomic mass is 9.86. The van der Waals surface area contributed by atoms with Crippen molar-refractivity contribution in [3.05, 3.63) is 41.1 Å². The fraction of sp³-hybridized carbons (Fsp3) is 0.478. The number of anilines is 2. The van der Waals surface area contributed by atoms with Gasteiger partial charge in [0.05, 0.1) is 32.3 Å². The van der Waals surface area contributed by atoms with Gasteiger partial charge in [0.25, 0.3) is 0 Å². The van der Waals surface area contributed by atoms with Crippen LogP contribution in [0.1, 0.15) is 36.8 Å². The van der Waals surface area contributed by atoms with E-state index in [9.17, 15) is 4.79 Å². The Hall–Kier alpha value is -2.94. The standard InChI is InChI=1S/C23H25F2N3O4/c1-30-16-9-17(31-2)20(25)21(19(16)24)28-12-13-10-26-18(27-11-14-4-3-7-32-14)8-15(13)23(5-6-23)22(28)29/h8-10,14H,3-7,11-12H2,1-2H3,(H,26,27)/t14-/m0/s1. The number of carbonyl (C=O) groups excluding carboxylic acids is 1. The van der Waals surface area contributed by atoms with E-state index >= 15 is 8.78 Å². The number of methoxy groups -OCH3 is 2. The van der Waals surface area contributed by atoms with Crippen LogP contribution in [-0.2, 0) is 21.5 Å². The second-order valence-electron chi connectivity index (χ2n) is 8.47. The average molecular weight is 445 g/mol. The lowest BCUT2D eigenvalue weighted by molar-refractivity contribution is -0.121. The number of aromatic nitrogens is 1. The molecule has 1 atom stereocenters. The normalized spacial score (nSPS) is 20.9. The smallest absolute Gasteiger partial charge is 0.238 e. The molecule has 2 fully saturated rings. The first kappa shape index (κ1) is 20.9. The topological polar surface area (TPSA) is 72.9 Å². The number of ether oxygens (including phenoxy) is 3. The molecule has 2 aromatic rings. The number of nitrogens with one attached hydrogen (secondary N) is 1. The van der Waals surface area contributed by atoms with Gasteiger partial charge in [0.1, 0.15) is 11.5 Å². The molecule has 1 aliphatic carbocycles. The van der Waals surface area contributed by atoms with Gasteiger partial charge in [-0.25, -0.2) is 13.8 Å². The van der Waals surface area contributed by atoms with Crippen molar-refractivity contribution < 1.29 is 27.8 Å². The molecule has 0 radical (unpaired) electrons. The van der Waals surface area contributed by atoms with Crippen molar-refractivity contribution in [2.24, 2.45) is 0 Å². The molecule has 0 unspecified atom stereocenters. The van der Waals surface area contributed by atoms with Crippen molar-refractivity contribution in [3.63, 3.8) is 0 Å². The van der Waals surface area contributed by atoms with Gasteiger partial charge >= 0.3 is 0 Å². The number of carbonyl (C=O) groups is 1. The first-order valence-corrected chi connectivity index (χ1v) is 10.8. The van der Waals surface area contributed by atoms with Gasteiger partial charge in [-0.1, -0.05) is 0 Å².